The molecule has 0 heterocycles. The van der Waals surface area contributed by atoms with E-state index in [-0.39, 0.29) is 11.4 Å². The van der Waals surface area contributed by atoms with Gasteiger partial charge in [-0.3, -0.25) is 0 Å². The molecule has 5 nitrogen and oxygen atoms in total. The van der Waals surface area contributed by atoms with Crippen LogP contribution >= 0.6 is 0 Å². The van der Waals surface area contributed by atoms with Crippen molar-refractivity contribution in [1.82, 2.24) is 0 Å². The maximum atomic E-state index is 9.51. The molecule has 20 heavy (non-hydrogen) atoms. The van der Waals surface area contributed by atoms with Crippen LogP contribution in [0.2, 0.25) is 0 Å². The standard InChI is InChI=1S/C15H17NO4/c1-18-12-7-6-10(8-14(12)19-2)9-20-13-5-3-4-11(17)15(13)16/h3-8,17H,9,16H2,1-2H3. The van der Waals surface area contributed by atoms with Gasteiger partial charge in [-0.05, 0) is 29.8 Å². The lowest BCUT2D eigenvalue weighted by Crippen LogP contribution is -2.00. The third-order valence-electron chi connectivity index (χ3n) is 2.89. The molecular formula is C15H17NO4. The minimum atomic E-state index is 0.00908. The van der Waals surface area contributed by atoms with Crippen molar-refractivity contribution in [3.63, 3.8) is 0 Å². The summed E-state index contributed by atoms with van der Waals surface area (Å²) >= 11 is 0. The zero-order valence-corrected chi connectivity index (χ0v) is 11.4. The van der Waals surface area contributed by atoms with Gasteiger partial charge in [0, 0.05) is 0 Å². The van der Waals surface area contributed by atoms with E-state index in [9.17, 15) is 5.11 Å². The Bertz CT molecular complexity index is 598. The summed E-state index contributed by atoms with van der Waals surface area (Å²) in [5, 5.41) is 9.51. The third kappa shape index (κ3) is 2.88. The van der Waals surface area contributed by atoms with Gasteiger partial charge in [0.15, 0.2) is 11.5 Å². The molecule has 0 aliphatic heterocycles. The first-order chi connectivity index (χ1) is 9.65. The normalized spacial score (nSPS) is 10.1. The summed E-state index contributed by atoms with van der Waals surface area (Å²) in [5.74, 6) is 1.75. The van der Waals surface area contributed by atoms with Gasteiger partial charge in [-0.25, -0.2) is 0 Å². The van der Waals surface area contributed by atoms with Crippen LogP contribution in [0.4, 0.5) is 5.69 Å². The Kier molecular flexibility index (Phi) is 4.20. The summed E-state index contributed by atoms with van der Waals surface area (Å²) < 4.78 is 16.0. The summed E-state index contributed by atoms with van der Waals surface area (Å²) in [6.07, 6.45) is 0. The Hall–Kier alpha value is -2.56. The number of methoxy groups -OCH3 is 2. The van der Waals surface area contributed by atoms with Crippen LogP contribution in [0.15, 0.2) is 36.4 Å². The molecule has 3 N–H and O–H groups in total. The molecule has 0 fully saturated rings. The molecule has 0 saturated carbocycles. The van der Waals surface area contributed by atoms with E-state index in [2.05, 4.69) is 0 Å². The van der Waals surface area contributed by atoms with Crippen molar-refractivity contribution in [3.05, 3.63) is 42.0 Å². The van der Waals surface area contributed by atoms with E-state index in [1.54, 1.807) is 26.4 Å². The molecule has 0 amide bonds. The van der Waals surface area contributed by atoms with E-state index >= 15 is 0 Å². The number of ether oxygens (including phenoxy) is 3. The molecule has 5 heteroatoms. The summed E-state index contributed by atoms with van der Waals surface area (Å²) in [5.41, 5.74) is 6.87. The third-order valence-corrected chi connectivity index (χ3v) is 2.89. The van der Waals surface area contributed by atoms with Crippen molar-refractivity contribution in [1.29, 1.82) is 0 Å². The van der Waals surface area contributed by atoms with E-state index in [1.807, 2.05) is 18.2 Å². The van der Waals surface area contributed by atoms with Gasteiger partial charge >= 0.3 is 0 Å². The molecule has 0 radical (unpaired) electrons. The molecule has 0 unspecified atom stereocenters. The second kappa shape index (κ2) is 6.06. The Morgan fingerprint density at radius 2 is 1.75 bits per heavy atom. The highest BCUT2D eigenvalue weighted by atomic mass is 16.5. The lowest BCUT2D eigenvalue weighted by Gasteiger charge is -2.12. The number of aromatic hydroxyl groups is 1. The average molecular weight is 275 g/mol. The average Bonchev–Trinajstić information content (AvgIpc) is 2.48. The van der Waals surface area contributed by atoms with Gasteiger partial charge in [0.05, 0.1) is 14.2 Å². The molecule has 2 aromatic rings. The summed E-state index contributed by atoms with van der Waals surface area (Å²) in [4.78, 5) is 0. The quantitative estimate of drug-likeness (QED) is 0.648. The molecule has 2 rings (SSSR count). The van der Waals surface area contributed by atoms with Crippen LogP contribution in [-0.2, 0) is 6.61 Å². The fourth-order valence-corrected chi connectivity index (χ4v) is 1.79. The highest BCUT2D eigenvalue weighted by Gasteiger charge is 2.07. The molecule has 0 aliphatic carbocycles. The molecule has 0 atom stereocenters. The largest absolute Gasteiger partial charge is 0.506 e. The molecule has 0 saturated heterocycles. The van der Waals surface area contributed by atoms with Crippen molar-refractivity contribution < 1.29 is 19.3 Å². The minimum absolute atomic E-state index is 0.00908. The lowest BCUT2D eigenvalue weighted by molar-refractivity contribution is 0.304. The molecule has 2 aromatic carbocycles. The van der Waals surface area contributed by atoms with Crippen LogP contribution in [0.3, 0.4) is 0 Å². The SMILES string of the molecule is COc1ccc(COc2cccc(O)c2N)cc1OC. The van der Waals surface area contributed by atoms with Gasteiger partial charge in [-0.15, -0.1) is 0 Å². The molecule has 106 valence electrons. The van der Waals surface area contributed by atoms with Gasteiger partial charge in [-0.2, -0.15) is 0 Å². The van der Waals surface area contributed by atoms with Crippen LogP contribution in [0, 0.1) is 0 Å². The van der Waals surface area contributed by atoms with Gasteiger partial charge in [0.2, 0.25) is 0 Å². The monoisotopic (exact) mass is 275 g/mol. The number of phenolic OH excluding ortho intramolecular Hbond substituents is 1. The van der Waals surface area contributed by atoms with Crippen molar-refractivity contribution in [3.8, 4) is 23.0 Å². The molecule has 0 bridgehead atoms. The number of hydrogen-bond acceptors (Lipinski definition) is 5. The first kappa shape index (κ1) is 13.9. The van der Waals surface area contributed by atoms with E-state index in [4.69, 9.17) is 19.9 Å². The predicted octanol–water partition coefficient (Wildman–Crippen LogP) is 2.57. The smallest absolute Gasteiger partial charge is 0.161 e. The van der Waals surface area contributed by atoms with E-state index in [0.29, 0.717) is 23.9 Å². The summed E-state index contributed by atoms with van der Waals surface area (Å²) in [6, 6.07) is 10.4. The van der Waals surface area contributed by atoms with Gasteiger partial charge < -0.3 is 25.1 Å². The zero-order valence-electron chi connectivity index (χ0n) is 11.4. The lowest BCUT2D eigenvalue weighted by atomic mass is 10.2. The highest BCUT2D eigenvalue weighted by molar-refractivity contribution is 5.61. The molecule has 0 spiro atoms. The van der Waals surface area contributed by atoms with Crippen molar-refractivity contribution in [2.45, 2.75) is 6.61 Å². The zero-order chi connectivity index (χ0) is 14.5. The van der Waals surface area contributed by atoms with Crippen LogP contribution in [0.25, 0.3) is 0 Å². The first-order valence-corrected chi connectivity index (χ1v) is 6.07. The summed E-state index contributed by atoms with van der Waals surface area (Å²) in [6.45, 7) is 0.313. The topological polar surface area (TPSA) is 73.9 Å². The van der Waals surface area contributed by atoms with Gasteiger partial charge in [0.1, 0.15) is 23.8 Å². The first-order valence-electron chi connectivity index (χ1n) is 6.07. The Labute approximate surface area is 117 Å². The Morgan fingerprint density at radius 1 is 1.00 bits per heavy atom. The molecule has 0 aromatic heterocycles. The maximum Gasteiger partial charge on any atom is 0.161 e. The van der Waals surface area contributed by atoms with Crippen LogP contribution in [0.5, 0.6) is 23.0 Å². The number of nitrogen functional groups attached to an aromatic ring is 1. The fourth-order valence-electron chi connectivity index (χ4n) is 1.79. The maximum absolute atomic E-state index is 9.51. The number of phenols is 1. The second-order valence-corrected chi connectivity index (χ2v) is 4.17. The number of hydrogen-bond donors (Lipinski definition) is 2. The Balaban J connectivity index is 2.13. The van der Waals surface area contributed by atoms with Crippen molar-refractivity contribution in [2.24, 2.45) is 0 Å². The van der Waals surface area contributed by atoms with Crippen LogP contribution in [0.1, 0.15) is 5.56 Å². The van der Waals surface area contributed by atoms with E-state index < -0.39 is 0 Å². The fraction of sp³-hybridized carbons (Fsp3) is 0.200. The number of benzene rings is 2. The van der Waals surface area contributed by atoms with Crippen LogP contribution in [-0.4, -0.2) is 19.3 Å². The number of rotatable bonds is 5. The van der Waals surface area contributed by atoms with Crippen molar-refractivity contribution in [2.75, 3.05) is 20.0 Å². The van der Waals surface area contributed by atoms with Crippen LogP contribution < -0.4 is 19.9 Å². The Morgan fingerprint density at radius 3 is 2.45 bits per heavy atom. The highest BCUT2D eigenvalue weighted by Crippen LogP contribution is 2.32. The molecule has 0 aliphatic rings. The van der Waals surface area contributed by atoms with E-state index in [1.165, 1.54) is 6.07 Å². The number of para-hydroxylation sites is 1. The predicted molar refractivity (Wildman–Crippen MR) is 76.4 cm³/mol. The number of anilines is 1. The second-order valence-electron chi connectivity index (χ2n) is 4.17. The number of nitrogens with two attached hydrogens (primary N) is 1. The summed E-state index contributed by atoms with van der Waals surface area (Å²) in [7, 11) is 3.16. The van der Waals surface area contributed by atoms with Gasteiger partial charge in [0.25, 0.3) is 0 Å². The molecular weight excluding hydrogens is 258 g/mol. The minimum Gasteiger partial charge on any atom is -0.506 e. The van der Waals surface area contributed by atoms with Gasteiger partial charge in [-0.1, -0.05) is 12.1 Å². The van der Waals surface area contributed by atoms with E-state index in [0.717, 1.165) is 5.56 Å². The van der Waals surface area contributed by atoms with Crippen molar-refractivity contribution >= 4 is 5.69 Å².